The maximum Gasteiger partial charge on any atom is 0.297 e. The number of nitrogens with zero attached hydrogens (tertiary/aromatic N) is 2. The van der Waals surface area contributed by atoms with Gasteiger partial charge >= 0.3 is 0 Å². The van der Waals surface area contributed by atoms with Crippen LogP contribution in [0, 0.1) is 5.82 Å². The monoisotopic (exact) mass is 500 g/mol. The van der Waals surface area contributed by atoms with Gasteiger partial charge in [-0.2, -0.15) is 4.98 Å². The van der Waals surface area contributed by atoms with Crippen LogP contribution in [0.25, 0.3) is 0 Å². The summed E-state index contributed by atoms with van der Waals surface area (Å²) < 4.78 is 19.8. The summed E-state index contributed by atoms with van der Waals surface area (Å²) in [4.78, 5) is 32.3. The summed E-state index contributed by atoms with van der Waals surface area (Å²) in [7, 11) is 1.44. The highest BCUT2D eigenvalue weighted by Crippen LogP contribution is 2.42. The van der Waals surface area contributed by atoms with Crippen LogP contribution in [0.4, 0.5) is 16.1 Å². The SMILES string of the molecule is CNC(=O)c1cc(Cl)c(F)cc1NC(=O)C1(c2ccccc2C(C)C)CN(c2nc(CO)co2)C1. The Morgan fingerprint density at radius 2 is 2.00 bits per heavy atom. The molecule has 10 heteroatoms. The van der Waals surface area contributed by atoms with Crippen LogP contribution in [0.15, 0.2) is 47.1 Å². The fourth-order valence-corrected chi connectivity index (χ4v) is 4.51. The minimum atomic E-state index is -1.02. The number of nitrogens with one attached hydrogen (secondary N) is 2. The van der Waals surface area contributed by atoms with E-state index in [-0.39, 0.29) is 41.9 Å². The van der Waals surface area contributed by atoms with Crippen molar-refractivity contribution in [1.82, 2.24) is 10.3 Å². The Kier molecular flexibility index (Phi) is 6.82. The third-order valence-corrected chi connectivity index (χ3v) is 6.50. The van der Waals surface area contributed by atoms with Crippen molar-refractivity contribution >= 4 is 35.1 Å². The number of benzene rings is 2. The van der Waals surface area contributed by atoms with Crippen LogP contribution in [-0.2, 0) is 16.8 Å². The van der Waals surface area contributed by atoms with Crippen LogP contribution < -0.4 is 15.5 Å². The van der Waals surface area contributed by atoms with Crippen LogP contribution in [-0.4, -0.2) is 42.0 Å². The normalized spacial score (nSPS) is 14.5. The molecule has 0 bridgehead atoms. The Morgan fingerprint density at radius 3 is 2.63 bits per heavy atom. The molecule has 0 saturated carbocycles. The second kappa shape index (κ2) is 9.67. The van der Waals surface area contributed by atoms with Gasteiger partial charge < -0.3 is 25.1 Å². The Morgan fingerprint density at radius 1 is 1.29 bits per heavy atom. The number of hydrogen-bond acceptors (Lipinski definition) is 6. The lowest BCUT2D eigenvalue weighted by Crippen LogP contribution is -2.65. The molecule has 0 unspecified atom stereocenters. The highest BCUT2D eigenvalue weighted by Gasteiger charge is 2.53. The van der Waals surface area contributed by atoms with Gasteiger partial charge in [0.15, 0.2) is 0 Å². The van der Waals surface area contributed by atoms with Crippen molar-refractivity contribution in [2.24, 2.45) is 0 Å². The van der Waals surface area contributed by atoms with E-state index in [0.717, 1.165) is 17.2 Å². The lowest BCUT2D eigenvalue weighted by Gasteiger charge is -2.49. The van der Waals surface area contributed by atoms with Gasteiger partial charge in [0.1, 0.15) is 23.2 Å². The number of oxazole rings is 1. The number of carbonyl (C=O) groups is 2. The van der Waals surface area contributed by atoms with Crippen molar-refractivity contribution in [3.63, 3.8) is 0 Å². The van der Waals surface area contributed by atoms with E-state index in [4.69, 9.17) is 16.0 Å². The molecule has 0 aliphatic carbocycles. The van der Waals surface area contributed by atoms with Gasteiger partial charge in [-0.3, -0.25) is 9.59 Å². The summed E-state index contributed by atoms with van der Waals surface area (Å²) >= 11 is 5.89. The fraction of sp³-hybridized carbons (Fsp3) is 0.320. The molecule has 2 aromatic carbocycles. The van der Waals surface area contributed by atoms with E-state index in [1.165, 1.54) is 19.4 Å². The number of halogens is 2. The molecule has 0 radical (unpaired) electrons. The van der Waals surface area contributed by atoms with Gasteiger partial charge in [-0.05, 0) is 29.2 Å². The van der Waals surface area contributed by atoms with Crippen LogP contribution in [0.5, 0.6) is 0 Å². The predicted molar refractivity (Wildman–Crippen MR) is 130 cm³/mol. The zero-order chi connectivity index (χ0) is 25.3. The molecule has 35 heavy (non-hydrogen) atoms. The molecule has 8 nitrogen and oxygen atoms in total. The summed E-state index contributed by atoms with van der Waals surface area (Å²) in [5.41, 5.74) is 1.26. The molecular formula is C25H26ClFN4O4. The third-order valence-electron chi connectivity index (χ3n) is 6.21. The Balaban J connectivity index is 1.74. The van der Waals surface area contributed by atoms with Crippen molar-refractivity contribution in [2.75, 3.05) is 30.4 Å². The standard InChI is InChI=1S/C25H26ClFN4O4/c1-14(2)16-6-4-5-7-18(16)25(12-31(13-25)24-29-15(10-32)11-35-24)23(34)30-21-9-20(27)19(26)8-17(21)22(33)28-3/h4-9,11,14,32H,10,12-13H2,1-3H3,(H,28,33)(H,30,34). The first kappa shape index (κ1) is 24.7. The molecule has 3 aromatic rings. The van der Waals surface area contributed by atoms with E-state index in [1.54, 1.807) is 4.90 Å². The van der Waals surface area contributed by atoms with Crippen molar-refractivity contribution < 1.29 is 23.5 Å². The fourth-order valence-electron chi connectivity index (χ4n) is 4.34. The topological polar surface area (TPSA) is 108 Å². The van der Waals surface area contributed by atoms with Gasteiger partial charge in [-0.25, -0.2) is 4.39 Å². The number of aliphatic hydroxyl groups excluding tert-OH is 1. The summed E-state index contributed by atoms with van der Waals surface area (Å²) in [5.74, 6) is -1.52. The lowest BCUT2D eigenvalue weighted by atomic mass is 9.70. The molecular weight excluding hydrogens is 475 g/mol. The van der Waals surface area contributed by atoms with Crippen molar-refractivity contribution in [1.29, 1.82) is 0 Å². The van der Waals surface area contributed by atoms with Gasteiger partial charge in [0.25, 0.3) is 11.9 Å². The van der Waals surface area contributed by atoms with Crippen molar-refractivity contribution in [3.8, 4) is 0 Å². The average molecular weight is 501 g/mol. The number of carbonyl (C=O) groups excluding carboxylic acids is 2. The number of amides is 2. The second-order valence-electron chi connectivity index (χ2n) is 8.80. The van der Waals surface area contributed by atoms with E-state index >= 15 is 0 Å². The van der Waals surface area contributed by atoms with Crippen LogP contribution in [0.3, 0.4) is 0 Å². The van der Waals surface area contributed by atoms with Crippen molar-refractivity contribution in [3.05, 3.63) is 75.9 Å². The molecule has 1 aliphatic rings. The van der Waals surface area contributed by atoms with Crippen molar-refractivity contribution in [2.45, 2.75) is 31.8 Å². The third kappa shape index (κ3) is 4.49. The lowest BCUT2D eigenvalue weighted by molar-refractivity contribution is -0.122. The van der Waals surface area contributed by atoms with Gasteiger partial charge in [-0.1, -0.05) is 49.7 Å². The maximum absolute atomic E-state index is 14.3. The molecule has 4 rings (SSSR count). The van der Waals surface area contributed by atoms with E-state index in [1.807, 2.05) is 38.1 Å². The molecule has 0 spiro atoms. The average Bonchev–Trinajstić information content (AvgIpc) is 3.29. The minimum Gasteiger partial charge on any atom is -0.432 e. The van der Waals surface area contributed by atoms with Gasteiger partial charge in [0.2, 0.25) is 5.91 Å². The van der Waals surface area contributed by atoms with Gasteiger partial charge in [0, 0.05) is 20.1 Å². The Bertz CT molecular complexity index is 1270. The number of aliphatic hydroxyl groups is 1. The summed E-state index contributed by atoms with van der Waals surface area (Å²) in [5, 5.41) is 14.3. The highest BCUT2D eigenvalue weighted by atomic mass is 35.5. The number of aromatic nitrogens is 1. The maximum atomic E-state index is 14.3. The first-order valence-electron chi connectivity index (χ1n) is 11.1. The van der Waals surface area contributed by atoms with E-state index in [2.05, 4.69) is 15.6 Å². The largest absolute Gasteiger partial charge is 0.432 e. The molecule has 2 amide bonds. The zero-order valence-corrected chi connectivity index (χ0v) is 20.3. The number of anilines is 2. The molecule has 1 aliphatic heterocycles. The highest BCUT2D eigenvalue weighted by molar-refractivity contribution is 6.31. The van der Waals surface area contributed by atoms with E-state index in [0.29, 0.717) is 11.7 Å². The van der Waals surface area contributed by atoms with Crippen LogP contribution in [0.1, 0.15) is 46.9 Å². The molecule has 2 heterocycles. The second-order valence-corrected chi connectivity index (χ2v) is 9.21. The summed E-state index contributed by atoms with van der Waals surface area (Å²) in [6, 6.07) is 10.2. The molecule has 1 fully saturated rings. The predicted octanol–water partition coefficient (Wildman–Crippen LogP) is 3.84. The van der Waals surface area contributed by atoms with Gasteiger partial charge in [0.05, 0.1) is 22.9 Å². The quantitative estimate of drug-likeness (QED) is 0.455. The molecule has 184 valence electrons. The smallest absolute Gasteiger partial charge is 0.297 e. The Hall–Kier alpha value is -3.43. The Labute approximate surface area is 207 Å². The minimum absolute atomic E-state index is 0.0230. The van der Waals surface area contributed by atoms with Gasteiger partial charge in [-0.15, -0.1) is 0 Å². The van der Waals surface area contributed by atoms with E-state index in [9.17, 15) is 19.1 Å². The molecule has 0 atom stereocenters. The van der Waals surface area contributed by atoms with Crippen LogP contribution >= 0.6 is 11.6 Å². The van der Waals surface area contributed by atoms with Crippen LogP contribution in [0.2, 0.25) is 5.02 Å². The first-order valence-corrected chi connectivity index (χ1v) is 11.5. The first-order chi connectivity index (χ1) is 16.7. The number of rotatable bonds is 7. The van der Waals surface area contributed by atoms with E-state index < -0.39 is 23.0 Å². The zero-order valence-electron chi connectivity index (χ0n) is 19.6. The molecule has 1 saturated heterocycles. The summed E-state index contributed by atoms with van der Waals surface area (Å²) in [6.07, 6.45) is 1.36. The number of hydrogen-bond donors (Lipinski definition) is 3. The molecule has 1 aromatic heterocycles. The molecule has 3 N–H and O–H groups in total. The summed E-state index contributed by atoms with van der Waals surface area (Å²) in [6.45, 7) is 4.30.